The number of morpholine rings is 1. The minimum Gasteiger partial charge on any atom is -0.379 e. The molecule has 1 saturated heterocycles. The lowest BCUT2D eigenvalue weighted by Gasteiger charge is -2.27. The molecule has 6 nitrogen and oxygen atoms in total. The normalized spacial score (nSPS) is 15.5. The van der Waals surface area contributed by atoms with E-state index in [2.05, 4.69) is 20.2 Å². The SMILES string of the molecule is CN(C)c1cc(C(F)(F)F)nc(NCc2ccccc2CN2CCOCC2)n1. The molecule has 0 spiro atoms. The summed E-state index contributed by atoms with van der Waals surface area (Å²) in [6.45, 7) is 4.27. The monoisotopic (exact) mass is 395 g/mol. The average Bonchev–Trinajstić information content (AvgIpc) is 2.67. The highest BCUT2D eigenvalue weighted by atomic mass is 19.4. The minimum atomic E-state index is -4.53. The maximum atomic E-state index is 13.1. The lowest BCUT2D eigenvalue weighted by Crippen LogP contribution is -2.35. The number of alkyl halides is 3. The highest BCUT2D eigenvalue weighted by molar-refractivity contribution is 5.45. The fraction of sp³-hybridized carbons (Fsp3) is 0.474. The second-order valence-electron chi connectivity index (χ2n) is 6.84. The van der Waals surface area contributed by atoms with Gasteiger partial charge in [-0.2, -0.15) is 18.2 Å². The maximum Gasteiger partial charge on any atom is 0.433 e. The van der Waals surface area contributed by atoms with Gasteiger partial charge < -0.3 is 15.0 Å². The van der Waals surface area contributed by atoms with E-state index < -0.39 is 11.9 Å². The Morgan fingerprint density at radius 3 is 2.43 bits per heavy atom. The largest absolute Gasteiger partial charge is 0.433 e. The molecule has 0 bridgehead atoms. The van der Waals surface area contributed by atoms with Gasteiger partial charge in [-0.3, -0.25) is 4.90 Å². The number of nitrogens with one attached hydrogen (secondary N) is 1. The first kappa shape index (κ1) is 20.3. The van der Waals surface area contributed by atoms with Gasteiger partial charge in [0.15, 0.2) is 5.69 Å². The molecule has 1 aliphatic heterocycles. The lowest BCUT2D eigenvalue weighted by molar-refractivity contribution is -0.141. The van der Waals surface area contributed by atoms with Gasteiger partial charge in [0.05, 0.1) is 13.2 Å². The summed E-state index contributed by atoms with van der Waals surface area (Å²) in [6.07, 6.45) is -4.53. The van der Waals surface area contributed by atoms with E-state index in [1.165, 1.54) is 4.90 Å². The number of hydrogen-bond acceptors (Lipinski definition) is 6. The molecule has 1 fully saturated rings. The molecule has 0 radical (unpaired) electrons. The first-order chi connectivity index (χ1) is 13.3. The van der Waals surface area contributed by atoms with Crippen LogP contribution < -0.4 is 10.2 Å². The fourth-order valence-electron chi connectivity index (χ4n) is 2.95. The zero-order valence-electron chi connectivity index (χ0n) is 16.0. The van der Waals surface area contributed by atoms with Crippen molar-refractivity contribution in [3.63, 3.8) is 0 Å². The van der Waals surface area contributed by atoms with E-state index in [1.807, 2.05) is 24.3 Å². The summed E-state index contributed by atoms with van der Waals surface area (Å²) < 4.78 is 44.8. The molecule has 0 amide bonds. The zero-order chi connectivity index (χ0) is 20.1. The molecule has 0 aliphatic carbocycles. The molecule has 1 aliphatic rings. The van der Waals surface area contributed by atoms with Crippen molar-refractivity contribution in [3.05, 3.63) is 47.2 Å². The highest BCUT2D eigenvalue weighted by Gasteiger charge is 2.34. The highest BCUT2D eigenvalue weighted by Crippen LogP contribution is 2.30. The number of ether oxygens (including phenoxy) is 1. The molecule has 1 N–H and O–H groups in total. The summed E-state index contributed by atoms with van der Waals surface area (Å²) in [6, 6.07) is 8.81. The van der Waals surface area contributed by atoms with Gasteiger partial charge in [-0.25, -0.2) is 4.98 Å². The molecule has 2 heterocycles. The third-order valence-electron chi connectivity index (χ3n) is 4.51. The molecule has 152 valence electrons. The number of nitrogens with zero attached hydrogens (tertiary/aromatic N) is 4. The lowest BCUT2D eigenvalue weighted by atomic mass is 10.1. The maximum absolute atomic E-state index is 13.1. The molecule has 28 heavy (non-hydrogen) atoms. The Morgan fingerprint density at radius 2 is 1.79 bits per heavy atom. The van der Waals surface area contributed by atoms with Gasteiger partial charge in [-0.15, -0.1) is 0 Å². The van der Waals surface area contributed by atoms with Crippen LogP contribution in [0.25, 0.3) is 0 Å². The first-order valence-corrected chi connectivity index (χ1v) is 9.07. The van der Waals surface area contributed by atoms with Crippen molar-refractivity contribution in [1.82, 2.24) is 14.9 Å². The van der Waals surface area contributed by atoms with Crippen LogP contribution in [-0.4, -0.2) is 55.3 Å². The Bertz CT molecular complexity index is 791. The van der Waals surface area contributed by atoms with E-state index in [9.17, 15) is 13.2 Å². The van der Waals surface area contributed by atoms with Crippen molar-refractivity contribution >= 4 is 11.8 Å². The summed E-state index contributed by atoms with van der Waals surface area (Å²) >= 11 is 0. The summed E-state index contributed by atoms with van der Waals surface area (Å²) in [5.41, 5.74) is 1.16. The third kappa shape index (κ3) is 5.32. The third-order valence-corrected chi connectivity index (χ3v) is 4.51. The van der Waals surface area contributed by atoms with Crippen LogP contribution in [0.5, 0.6) is 0 Å². The average molecular weight is 395 g/mol. The van der Waals surface area contributed by atoms with Crippen molar-refractivity contribution in [2.45, 2.75) is 19.3 Å². The number of anilines is 2. The smallest absolute Gasteiger partial charge is 0.379 e. The summed E-state index contributed by atoms with van der Waals surface area (Å²) in [5, 5.41) is 2.95. The van der Waals surface area contributed by atoms with Crippen molar-refractivity contribution < 1.29 is 17.9 Å². The van der Waals surface area contributed by atoms with E-state index in [0.29, 0.717) is 19.8 Å². The molecular formula is C19H24F3N5O. The van der Waals surface area contributed by atoms with Crippen molar-refractivity contribution in [3.8, 4) is 0 Å². The molecule has 0 saturated carbocycles. The fourth-order valence-corrected chi connectivity index (χ4v) is 2.95. The van der Waals surface area contributed by atoms with Crippen molar-refractivity contribution in [2.75, 3.05) is 50.6 Å². The van der Waals surface area contributed by atoms with Crippen molar-refractivity contribution in [2.24, 2.45) is 0 Å². The molecule has 3 rings (SSSR count). The van der Waals surface area contributed by atoms with Gasteiger partial charge in [0, 0.05) is 46.3 Å². The number of hydrogen-bond donors (Lipinski definition) is 1. The molecule has 0 atom stereocenters. The predicted octanol–water partition coefficient (Wildman–Crippen LogP) is 3.01. The van der Waals surface area contributed by atoms with E-state index >= 15 is 0 Å². The second-order valence-corrected chi connectivity index (χ2v) is 6.84. The van der Waals surface area contributed by atoms with Gasteiger partial charge in [-0.1, -0.05) is 24.3 Å². The predicted molar refractivity (Wildman–Crippen MR) is 101 cm³/mol. The van der Waals surface area contributed by atoms with Crippen LogP contribution in [0.15, 0.2) is 30.3 Å². The van der Waals surface area contributed by atoms with Crippen LogP contribution in [0.4, 0.5) is 24.9 Å². The van der Waals surface area contributed by atoms with E-state index in [1.54, 1.807) is 14.1 Å². The Kier molecular flexibility index (Phi) is 6.35. The van der Waals surface area contributed by atoms with E-state index in [-0.39, 0.29) is 11.8 Å². The topological polar surface area (TPSA) is 53.5 Å². The molecule has 9 heteroatoms. The Balaban J connectivity index is 1.76. The summed E-state index contributed by atoms with van der Waals surface area (Å²) in [4.78, 5) is 11.7. The summed E-state index contributed by atoms with van der Waals surface area (Å²) in [5.74, 6) is 0.158. The quantitative estimate of drug-likeness (QED) is 0.812. The second kappa shape index (κ2) is 8.74. The van der Waals surface area contributed by atoms with Gasteiger partial charge in [-0.05, 0) is 11.1 Å². The molecule has 0 unspecified atom stereocenters. The summed E-state index contributed by atoms with van der Waals surface area (Å²) in [7, 11) is 3.29. The van der Waals surface area contributed by atoms with Crippen LogP contribution in [0.3, 0.4) is 0 Å². The Labute approximate surface area is 162 Å². The number of aromatic nitrogens is 2. The number of rotatable bonds is 6. The first-order valence-electron chi connectivity index (χ1n) is 9.07. The van der Waals surface area contributed by atoms with E-state index in [0.717, 1.165) is 36.8 Å². The van der Waals surface area contributed by atoms with Crippen LogP contribution >= 0.6 is 0 Å². The van der Waals surface area contributed by atoms with Gasteiger partial charge in [0.1, 0.15) is 5.82 Å². The number of benzene rings is 1. The minimum absolute atomic E-state index is 0.0419. The van der Waals surface area contributed by atoms with Gasteiger partial charge >= 0.3 is 6.18 Å². The standard InChI is InChI=1S/C19H24F3N5O/c1-26(2)17-11-16(19(20,21)22)24-18(25-17)23-12-14-5-3-4-6-15(14)13-27-7-9-28-10-8-27/h3-6,11H,7-10,12-13H2,1-2H3,(H,23,24,25). The molecule has 1 aromatic carbocycles. The van der Waals surface area contributed by atoms with Crippen LogP contribution in [0.1, 0.15) is 16.8 Å². The van der Waals surface area contributed by atoms with Gasteiger partial charge in [0.2, 0.25) is 5.95 Å². The molecular weight excluding hydrogens is 371 g/mol. The van der Waals surface area contributed by atoms with Crippen LogP contribution in [0, 0.1) is 0 Å². The number of halogens is 3. The Morgan fingerprint density at radius 1 is 1.11 bits per heavy atom. The van der Waals surface area contributed by atoms with Crippen LogP contribution in [-0.2, 0) is 24.0 Å². The molecule has 2 aromatic rings. The van der Waals surface area contributed by atoms with Gasteiger partial charge in [0.25, 0.3) is 0 Å². The van der Waals surface area contributed by atoms with E-state index in [4.69, 9.17) is 4.74 Å². The molecule has 1 aromatic heterocycles. The zero-order valence-corrected chi connectivity index (χ0v) is 16.0. The van der Waals surface area contributed by atoms with Crippen LogP contribution in [0.2, 0.25) is 0 Å². The van der Waals surface area contributed by atoms with Crippen molar-refractivity contribution in [1.29, 1.82) is 0 Å². The Hall–Kier alpha value is -2.39.